The van der Waals surface area contributed by atoms with Gasteiger partial charge in [0.15, 0.2) is 0 Å². The summed E-state index contributed by atoms with van der Waals surface area (Å²) in [5.74, 6) is -0.429. The molecule has 1 aliphatic rings. The Kier molecular flexibility index (Phi) is 2.69. The van der Waals surface area contributed by atoms with Gasteiger partial charge in [-0.15, -0.1) is 11.3 Å². The first kappa shape index (κ1) is 11.8. The monoisotopic (exact) mass is 281 g/mol. The predicted octanol–water partition coefficient (Wildman–Crippen LogP) is 1.91. The molecule has 3 N–H and O–H groups in total. The van der Waals surface area contributed by atoms with Gasteiger partial charge in [-0.1, -0.05) is 0 Å². The van der Waals surface area contributed by atoms with E-state index < -0.39 is 5.91 Å². The number of hydrogen-bond donors (Lipinski definition) is 2. The van der Waals surface area contributed by atoms with Crippen molar-refractivity contribution >= 4 is 29.3 Å². The van der Waals surface area contributed by atoms with Crippen molar-refractivity contribution in [1.82, 2.24) is 9.78 Å². The summed E-state index contributed by atoms with van der Waals surface area (Å²) in [4.78, 5) is 12.0. The van der Waals surface area contributed by atoms with Crippen LogP contribution >= 0.6 is 23.4 Å². The maximum absolute atomic E-state index is 11.5. The number of thiophene rings is 1. The summed E-state index contributed by atoms with van der Waals surface area (Å²) in [6.07, 6.45) is 3.46. The van der Waals surface area contributed by atoms with Crippen LogP contribution in [0.25, 0.3) is 11.3 Å². The summed E-state index contributed by atoms with van der Waals surface area (Å²) >= 11 is 1.92. The molecule has 0 fully saturated rings. The first-order chi connectivity index (χ1) is 8.63. The summed E-state index contributed by atoms with van der Waals surface area (Å²) < 4.78 is 11.9. The van der Waals surface area contributed by atoms with Crippen LogP contribution in [0.1, 0.15) is 20.8 Å². The van der Waals surface area contributed by atoms with Gasteiger partial charge in [0.05, 0.1) is 21.0 Å². The van der Waals surface area contributed by atoms with Gasteiger partial charge >= 0.3 is 0 Å². The Balaban J connectivity index is 2.32. The standard InChI is InChI=1S/C11H11N3O2S2/c1-14-8-5(4-13-14)2-3-6-7(8)11(18-16)17-9(6)10(12)15/h4,16H,2-3H2,1H3,(H2,12,15). The molecule has 1 aliphatic carbocycles. The van der Waals surface area contributed by atoms with E-state index in [4.69, 9.17) is 5.73 Å². The lowest BCUT2D eigenvalue weighted by Gasteiger charge is -2.15. The van der Waals surface area contributed by atoms with Crippen LogP contribution in [0.4, 0.5) is 0 Å². The lowest BCUT2D eigenvalue weighted by atomic mass is 9.92. The van der Waals surface area contributed by atoms with Crippen LogP contribution in [-0.2, 0) is 19.9 Å². The Bertz CT molecular complexity index is 645. The van der Waals surface area contributed by atoms with Crippen molar-refractivity contribution in [2.75, 3.05) is 0 Å². The highest BCUT2D eigenvalue weighted by Crippen LogP contribution is 2.45. The molecule has 0 aliphatic heterocycles. The van der Waals surface area contributed by atoms with E-state index in [1.807, 2.05) is 13.2 Å². The maximum atomic E-state index is 11.5. The van der Waals surface area contributed by atoms with E-state index in [0.29, 0.717) is 21.1 Å². The SMILES string of the molecule is Cn1ncc2c1-c1c(SO)sc(C(N)=O)c1CC2. The third-order valence-electron chi connectivity index (χ3n) is 3.18. The van der Waals surface area contributed by atoms with E-state index in [2.05, 4.69) is 5.10 Å². The average Bonchev–Trinajstić information content (AvgIpc) is 2.89. The van der Waals surface area contributed by atoms with Crippen LogP contribution in [0, 0.1) is 0 Å². The Morgan fingerprint density at radius 1 is 1.61 bits per heavy atom. The molecule has 0 aromatic carbocycles. The normalized spacial score (nSPS) is 13.2. The number of carbonyl (C=O) groups excluding carboxylic acids is 1. The van der Waals surface area contributed by atoms with Crippen molar-refractivity contribution < 1.29 is 9.35 Å². The Labute approximate surface area is 112 Å². The van der Waals surface area contributed by atoms with Gasteiger partial charge in [0, 0.05) is 24.7 Å². The smallest absolute Gasteiger partial charge is 0.259 e. The summed E-state index contributed by atoms with van der Waals surface area (Å²) in [6, 6.07) is 0. The van der Waals surface area contributed by atoms with Gasteiger partial charge in [-0.3, -0.25) is 9.48 Å². The first-order valence-corrected chi connectivity index (χ1v) is 7.00. The molecule has 0 spiro atoms. The molecular formula is C11H11N3O2S2. The Hall–Kier alpha value is -1.31. The fourth-order valence-electron chi connectivity index (χ4n) is 2.43. The minimum atomic E-state index is -0.429. The molecule has 5 nitrogen and oxygen atoms in total. The fourth-order valence-corrected chi connectivity index (χ4v) is 4.08. The third-order valence-corrected chi connectivity index (χ3v) is 5.06. The molecular weight excluding hydrogens is 270 g/mol. The van der Waals surface area contributed by atoms with Gasteiger partial charge in [-0.2, -0.15) is 5.10 Å². The van der Waals surface area contributed by atoms with Gasteiger partial charge in [0.1, 0.15) is 0 Å². The molecule has 3 rings (SSSR count). The molecule has 0 bridgehead atoms. The molecule has 94 valence electrons. The van der Waals surface area contributed by atoms with E-state index in [1.54, 1.807) is 4.68 Å². The molecule has 7 heteroatoms. The summed E-state index contributed by atoms with van der Waals surface area (Å²) in [6.45, 7) is 0. The number of rotatable bonds is 2. The second kappa shape index (κ2) is 4.11. The zero-order valence-corrected chi connectivity index (χ0v) is 11.3. The number of carbonyl (C=O) groups is 1. The van der Waals surface area contributed by atoms with Gasteiger partial charge in [0.25, 0.3) is 5.91 Å². The first-order valence-electron chi connectivity index (χ1n) is 5.41. The highest BCUT2D eigenvalue weighted by atomic mass is 32.2. The molecule has 0 saturated heterocycles. The summed E-state index contributed by atoms with van der Waals surface area (Å²) in [5, 5.41) is 4.24. The second-order valence-corrected chi connectivity index (χ2v) is 6.04. The zero-order chi connectivity index (χ0) is 12.9. The van der Waals surface area contributed by atoms with Gasteiger partial charge in [-0.25, -0.2) is 0 Å². The molecule has 18 heavy (non-hydrogen) atoms. The van der Waals surface area contributed by atoms with E-state index in [1.165, 1.54) is 11.3 Å². The van der Waals surface area contributed by atoms with Gasteiger partial charge < -0.3 is 10.3 Å². The molecule has 2 aromatic rings. The predicted molar refractivity (Wildman–Crippen MR) is 70.9 cm³/mol. The van der Waals surface area contributed by atoms with Crippen molar-refractivity contribution in [1.29, 1.82) is 0 Å². The molecule has 0 unspecified atom stereocenters. The molecule has 0 atom stereocenters. The Morgan fingerprint density at radius 2 is 2.39 bits per heavy atom. The average molecular weight is 281 g/mol. The summed E-state index contributed by atoms with van der Waals surface area (Å²) in [5.41, 5.74) is 9.39. The lowest BCUT2D eigenvalue weighted by molar-refractivity contribution is 0.100. The zero-order valence-electron chi connectivity index (χ0n) is 9.64. The van der Waals surface area contributed by atoms with Gasteiger partial charge in [0.2, 0.25) is 0 Å². The Morgan fingerprint density at radius 3 is 3.06 bits per heavy atom. The van der Waals surface area contributed by atoms with Crippen LogP contribution in [-0.4, -0.2) is 20.2 Å². The van der Waals surface area contributed by atoms with Crippen LogP contribution in [0.15, 0.2) is 10.4 Å². The van der Waals surface area contributed by atoms with Crippen LogP contribution in [0.2, 0.25) is 0 Å². The number of fused-ring (bicyclic) bond motifs is 3. The van der Waals surface area contributed by atoms with Crippen LogP contribution in [0.3, 0.4) is 0 Å². The van der Waals surface area contributed by atoms with Crippen molar-refractivity contribution in [3.8, 4) is 11.3 Å². The molecule has 0 saturated carbocycles. The number of nitrogens with zero attached hydrogens (tertiary/aromatic N) is 2. The molecule has 0 radical (unpaired) electrons. The maximum Gasteiger partial charge on any atom is 0.259 e. The molecule has 2 aromatic heterocycles. The van der Waals surface area contributed by atoms with Crippen LogP contribution in [0.5, 0.6) is 0 Å². The molecule has 1 amide bonds. The topological polar surface area (TPSA) is 81.1 Å². The number of aromatic nitrogens is 2. The van der Waals surface area contributed by atoms with Crippen molar-refractivity contribution in [3.63, 3.8) is 0 Å². The number of aryl methyl sites for hydroxylation is 2. The number of nitrogens with two attached hydrogens (primary N) is 1. The largest absolute Gasteiger partial charge is 0.365 e. The highest BCUT2D eigenvalue weighted by Gasteiger charge is 2.29. The third kappa shape index (κ3) is 1.51. The van der Waals surface area contributed by atoms with Crippen molar-refractivity contribution in [2.45, 2.75) is 17.1 Å². The quantitative estimate of drug-likeness (QED) is 0.824. The van der Waals surface area contributed by atoms with E-state index in [0.717, 1.165) is 35.2 Å². The van der Waals surface area contributed by atoms with Gasteiger partial charge in [-0.05, 0) is 24.0 Å². The molecule has 2 heterocycles. The van der Waals surface area contributed by atoms with Crippen molar-refractivity contribution in [3.05, 3.63) is 22.2 Å². The van der Waals surface area contributed by atoms with Crippen molar-refractivity contribution in [2.24, 2.45) is 12.8 Å². The van der Waals surface area contributed by atoms with Crippen LogP contribution < -0.4 is 5.73 Å². The van der Waals surface area contributed by atoms with E-state index >= 15 is 0 Å². The minimum Gasteiger partial charge on any atom is -0.365 e. The number of hydrogen-bond acceptors (Lipinski definition) is 5. The highest BCUT2D eigenvalue weighted by molar-refractivity contribution is 7.96. The second-order valence-electron chi connectivity index (χ2n) is 4.17. The summed E-state index contributed by atoms with van der Waals surface area (Å²) in [7, 11) is 1.86. The minimum absolute atomic E-state index is 0.429. The van der Waals surface area contributed by atoms with E-state index in [-0.39, 0.29) is 0 Å². The lowest BCUT2D eigenvalue weighted by Crippen LogP contribution is -2.13. The number of primary amides is 1. The number of amides is 1. The van der Waals surface area contributed by atoms with E-state index in [9.17, 15) is 9.35 Å². The fraction of sp³-hybridized carbons (Fsp3) is 0.273.